The summed E-state index contributed by atoms with van der Waals surface area (Å²) in [5.41, 5.74) is 3.27. The van der Waals surface area contributed by atoms with E-state index in [2.05, 4.69) is 58.3 Å². The number of anilines is 2. The zero-order valence-corrected chi connectivity index (χ0v) is 13.8. The number of hydrogen-bond acceptors (Lipinski definition) is 3. The summed E-state index contributed by atoms with van der Waals surface area (Å²) < 4.78 is 1.25. The van der Waals surface area contributed by atoms with Crippen LogP contribution in [0.1, 0.15) is 17.4 Å². The number of amides is 1. The average Bonchev–Trinajstić information content (AvgIpc) is 2.77. The molecule has 0 spiro atoms. The predicted molar refractivity (Wildman–Crippen MR) is 89.8 cm³/mol. The Bertz CT molecular complexity index is 595. The largest absolute Gasteiger partial charge is 0.380 e. The van der Waals surface area contributed by atoms with Gasteiger partial charge in [-0.05, 0) is 58.7 Å². The first-order valence-electron chi connectivity index (χ1n) is 5.90. The predicted octanol–water partition coefficient (Wildman–Crippen LogP) is 4.23. The molecule has 0 atom stereocenters. The number of thiophene rings is 1. The van der Waals surface area contributed by atoms with Crippen LogP contribution in [0.2, 0.25) is 0 Å². The number of carbonyl (C=O) groups is 1. The van der Waals surface area contributed by atoms with Gasteiger partial charge in [0.1, 0.15) is 0 Å². The van der Waals surface area contributed by atoms with E-state index in [1.54, 1.807) is 11.3 Å². The number of aryl methyl sites for hydroxylation is 1. The molecule has 2 N–H and O–H groups in total. The molecule has 0 bridgehead atoms. The van der Waals surface area contributed by atoms with E-state index in [-0.39, 0.29) is 5.91 Å². The van der Waals surface area contributed by atoms with E-state index in [0.29, 0.717) is 6.54 Å². The molecule has 5 heteroatoms. The molecule has 1 amide bonds. The Balaban J connectivity index is 2.04. The molecule has 0 unspecified atom stereocenters. The van der Waals surface area contributed by atoms with Crippen LogP contribution in [0.3, 0.4) is 0 Å². The molecule has 1 heterocycles. The van der Waals surface area contributed by atoms with Crippen LogP contribution in [0.5, 0.6) is 0 Å². The molecule has 100 valence electrons. The SMILES string of the molecule is CC(=O)Nc1ccsc1CNc1ccc(C)c(I)c1. The van der Waals surface area contributed by atoms with Gasteiger partial charge in [0.05, 0.1) is 12.2 Å². The minimum absolute atomic E-state index is 0.0375. The van der Waals surface area contributed by atoms with Crippen molar-refractivity contribution in [3.63, 3.8) is 0 Å². The van der Waals surface area contributed by atoms with E-state index in [0.717, 1.165) is 16.3 Å². The first-order chi connectivity index (χ1) is 9.06. The molecule has 0 aliphatic heterocycles. The van der Waals surface area contributed by atoms with E-state index >= 15 is 0 Å². The van der Waals surface area contributed by atoms with Crippen molar-refractivity contribution in [1.29, 1.82) is 0 Å². The maximum Gasteiger partial charge on any atom is 0.221 e. The number of hydrogen-bond donors (Lipinski definition) is 2. The third kappa shape index (κ3) is 3.94. The summed E-state index contributed by atoms with van der Waals surface area (Å²) in [5, 5.41) is 8.21. The van der Waals surface area contributed by atoms with Crippen molar-refractivity contribution < 1.29 is 4.79 Å². The topological polar surface area (TPSA) is 41.1 Å². The first kappa shape index (κ1) is 14.3. The second-order valence-electron chi connectivity index (χ2n) is 4.26. The normalized spacial score (nSPS) is 10.3. The highest BCUT2D eigenvalue weighted by Crippen LogP contribution is 2.24. The monoisotopic (exact) mass is 386 g/mol. The van der Waals surface area contributed by atoms with Gasteiger partial charge in [-0.25, -0.2) is 0 Å². The molecular weight excluding hydrogens is 371 g/mol. The Labute approximate surface area is 130 Å². The summed E-state index contributed by atoms with van der Waals surface area (Å²) in [6, 6.07) is 8.24. The molecular formula is C14H15IN2OS. The summed E-state index contributed by atoms with van der Waals surface area (Å²) in [4.78, 5) is 12.2. The van der Waals surface area contributed by atoms with Crippen LogP contribution in [0.15, 0.2) is 29.6 Å². The lowest BCUT2D eigenvalue weighted by molar-refractivity contribution is -0.114. The first-order valence-corrected chi connectivity index (χ1v) is 7.86. The van der Waals surface area contributed by atoms with Crippen molar-refractivity contribution in [2.75, 3.05) is 10.6 Å². The van der Waals surface area contributed by atoms with Crippen LogP contribution in [-0.4, -0.2) is 5.91 Å². The third-order valence-corrected chi connectivity index (χ3v) is 4.76. The molecule has 1 aromatic heterocycles. The highest BCUT2D eigenvalue weighted by Gasteiger charge is 2.05. The van der Waals surface area contributed by atoms with E-state index in [1.165, 1.54) is 16.1 Å². The second-order valence-corrected chi connectivity index (χ2v) is 6.42. The maximum absolute atomic E-state index is 11.1. The Morgan fingerprint density at radius 2 is 2.16 bits per heavy atom. The highest BCUT2D eigenvalue weighted by molar-refractivity contribution is 14.1. The maximum atomic E-state index is 11.1. The molecule has 3 nitrogen and oxygen atoms in total. The molecule has 0 radical (unpaired) electrons. The standard InChI is InChI=1S/C14H15IN2OS/c1-9-3-4-11(7-12(9)15)16-8-14-13(5-6-19-14)17-10(2)18/h3-7,16H,8H2,1-2H3,(H,17,18). The molecule has 2 aromatic rings. The van der Waals surface area contributed by atoms with Gasteiger partial charge in [-0.2, -0.15) is 0 Å². The van der Waals surface area contributed by atoms with Crippen molar-refractivity contribution in [2.24, 2.45) is 0 Å². The van der Waals surface area contributed by atoms with E-state index in [4.69, 9.17) is 0 Å². The van der Waals surface area contributed by atoms with Crippen LogP contribution in [0, 0.1) is 10.5 Å². The van der Waals surface area contributed by atoms with Gasteiger partial charge < -0.3 is 10.6 Å². The molecule has 0 saturated carbocycles. The second kappa shape index (κ2) is 6.38. The minimum atomic E-state index is -0.0375. The number of halogens is 1. The smallest absolute Gasteiger partial charge is 0.221 e. The van der Waals surface area contributed by atoms with Gasteiger partial charge in [-0.3, -0.25) is 4.79 Å². The van der Waals surface area contributed by atoms with Gasteiger partial charge in [0.2, 0.25) is 5.91 Å². The lowest BCUT2D eigenvalue weighted by atomic mass is 10.2. The summed E-state index contributed by atoms with van der Waals surface area (Å²) in [6.07, 6.45) is 0. The van der Waals surface area contributed by atoms with Gasteiger partial charge in [-0.1, -0.05) is 6.07 Å². The quantitative estimate of drug-likeness (QED) is 0.773. The number of carbonyl (C=O) groups excluding carboxylic acids is 1. The van der Waals surface area contributed by atoms with Crippen molar-refractivity contribution >= 4 is 51.2 Å². The highest BCUT2D eigenvalue weighted by atomic mass is 127. The molecule has 0 aliphatic carbocycles. The van der Waals surface area contributed by atoms with Crippen LogP contribution < -0.4 is 10.6 Å². The Morgan fingerprint density at radius 3 is 2.84 bits per heavy atom. The molecule has 2 rings (SSSR count). The molecule has 19 heavy (non-hydrogen) atoms. The summed E-state index contributed by atoms with van der Waals surface area (Å²) in [7, 11) is 0. The van der Waals surface area contributed by atoms with Crippen LogP contribution >= 0.6 is 33.9 Å². The summed E-state index contributed by atoms with van der Waals surface area (Å²) in [5.74, 6) is -0.0375. The molecule has 1 aromatic carbocycles. The third-order valence-electron chi connectivity index (χ3n) is 2.68. The van der Waals surface area contributed by atoms with Gasteiger partial charge >= 0.3 is 0 Å². The Hall–Kier alpha value is -1.08. The fourth-order valence-electron chi connectivity index (χ4n) is 1.66. The van der Waals surface area contributed by atoms with E-state index in [1.807, 2.05) is 11.4 Å². The average molecular weight is 386 g/mol. The fourth-order valence-corrected chi connectivity index (χ4v) is 2.95. The van der Waals surface area contributed by atoms with Gasteiger partial charge in [0, 0.05) is 21.1 Å². The van der Waals surface area contributed by atoms with Crippen molar-refractivity contribution in [2.45, 2.75) is 20.4 Å². The fraction of sp³-hybridized carbons (Fsp3) is 0.214. The van der Waals surface area contributed by atoms with Crippen molar-refractivity contribution in [3.8, 4) is 0 Å². The van der Waals surface area contributed by atoms with Crippen LogP contribution in [-0.2, 0) is 11.3 Å². The molecule has 0 aliphatic rings. The number of nitrogens with one attached hydrogen (secondary N) is 2. The molecule has 0 fully saturated rings. The van der Waals surface area contributed by atoms with E-state index in [9.17, 15) is 4.79 Å². The summed E-state index contributed by atoms with van der Waals surface area (Å²) in [6.45, 7) is 4.34. The number of rotatable bonds is 4. The minimum Gasteiger partial charge on any atom is -0.380 e. The molecule has 0 saturated heterocycles. The van der Waals surface area contributed by atoms with Gasteiger partial charge in [0.25, 0.3) is 0 Å². The zero-order valence-electron chi connectivity index (χ0n) is 10.8. The Kier molecular flexibility index (Phi) is 4.81. The Morgan fingerprint density at radius 1 is 1.37 bits per heavy atom. The number of benzene rings is 1. The lowest BCUT2D eigenvalue weighted by Crippen LogP contribution is -2.08. The van der Waals surface area contributed by atoms with Crippen molar-refractivity contribution in [3.05, 3.63) is 43.7 Å². The van der Waals surface area contributed by atoms with Gasteiger partial charge in [-0.15, -0.1) is 11.3 Å². The summed E-state index contributed by atoms with van der Waals surface area (Å²) >= 11 is 3.97. The lowest BCUT2D eigenvalue weighted by Gasteiger charge is -2.09. The van der Waals surface area contributed by atoms with Crippen LogP contribution in [0.4, 0.5) is 11.4 Å². The van der Waals surface area contributed by atoms with Crippen molar-refractivity contribution in [1.82, 2.24) is 0 Å². The zero-order chi connectivity index (χ0) is 13.8. The van der Waals surface area contributed by atoms with Crippen LogP contribution in [0.25, 0.3) is 0 Å². The van der Waals surface area contributed by atoms with E-state index < -0.39 is 0 Å². The van der Waals surface area contributed by atoms with Gasteiger partial charge in [0.15, 0.2) is 0 Å².